The predicted octanol–water partition coefficient (Wildman–Crippen LogP) is 4.33. The Morgan fingerprint density at radius 1 is 1.06 bits per heavy atom. The Labute approximate surface area is 196 Å². The number of halogens is 3. The number of rotatable bonds is 7. The van der Waals surface area contributed by atoms with Crippen LogP contribution in [0.4, 0.5) is 19.0 Å². The van der Waals surface area contributed by atoms with E-state index in [0.717, 1.165) is 43.3 Å². The molecule has 0 radical (unpaired) electrons. The first-order chi connectivity index (χ1) is 16.3. The Bertz CT molecular complexity index is 1130. The van der Waals surface area contributed by atoms with Crippen LogP contribution >= 0.6 is 0 Å². The summed E-state index contributed by atoms with van der Waals surface area (Å²) in [7, 11) is 0. The molecule has 34 heavy (non-hydrogen) atoms. The topological polar surface area (TPSA) is 71.2 Å². The van der Waals surface area contributed by atoms with Crippen molar-refractivity contribution >= 4 is 11.7 Å². The zero-order chi connectivity index (χ0) is 24.1. The average molecular weight is 469 g/mol. The largest absolute Gasteiger partial charge is 0.416 e. The number of likely N-dealkylation sites (tertiary alicyclic amines) is 1. The molecule has 178 valence electrons. The molecule has 3 N–H and O–H groups in total. The molecule has 3 aromatic rings. The van der Waals surface area contributed by atoms with Crippen molar-refractivity contribution in [3.8, 4) is 11.3 Å². The van der Waals surface area contributed by atoms with Gasteiger partial charge < -0.3 is 16.0 Å². The molecule has 1 aliphatic heterocycles. The van der Waals surface area contributed by atoms with Crippen molar-refractivity contribution < 1.29 is 18.0 Å². The smallest absolute Gasteiger partial charge is 0.384 e. The van der Waals surface area contributed by atoms with E-state index in [-0.39, 0.29) is 23.9 Å². The number of amides is 1. The number of nitrogen functional groups attached to an aromatic ring is 1. The molecule has 1 aromatic heterocycles. The van der Waals surface area contributed by atoms with Crippen molar-refractivity contribution in [2.75, 3.05) is 25.4 Å². The van der Waals surface area contributed by atoms with Crippen LogP contribution in [0.1, 0.15) is 23.1 Å². The fourth-order valence-corrected chi connectivity index (χ4v) is 4.30. The fourth-order valence-electron chi connectivity index (χ4n) is 4.30. The molecule has 1 saturated heterocycles. The number of carbonyl (C=O) groups excluding carboxylic acids is 1. The van der Waals surface area contributed by atoms with Crippen LogP contribution in [0, 0.1) is 0 Å². The molecule has 5 nitrogen and oxygen atoms in total. The van der Waals surface area contributed by atoms with Gasteiger partial charge in [0.05, 0.1) is 17.7 Å². The fraction of sp³-hybridized carbons (Fsp3) is 0.308. The third kappa shape index (κ3) is 6.14. The summed E-state index contributed by atoms with van der Waals surface area (Å²) in [5.41, 5.74) is 8.04. The highest BCUT2D eigenvalue weighted by Crippen LogP contribution is 2.32. The van der Waals surface area contributed by atoms with Crippen LogP contribution in [0.15, 0.2) is 66.7 Å². The van der Waals surface area contributed by atoms with Gasteiger partial charge in [-0.3, -0.25) is 4.79 Å². The van der Waals surface area contributed by atoms with Gasteiger partial charge in [0, 0.05) is 31.2 Å². The van der Waals surface area contributed by atoms with E-state index < -0.39 is 11.7 Å². The second-order valence-electron chi connectivity index (χ2n) is 8.58. The van der Waals surface area contributed by atoms with E-state index in [9.17, 15) is 18.0 Å². The van der Waals surface area contributed by atoms with Crippen molar-refractivity contribution in [2.45, 2.75) is 31.5 Å². The van der Waals surface area contributed by atoms with Crippen LogP contribution in [-0.4, -0.2) is 41.5 Å². The number of nitrogens with two attached hydrogens (primary N) is 1. The molecule has 2 heterocycles. The third-order valence-electron chi connectivity index (χ3n) is 6.05. The van der Waals surface area contributed by atoms with E-state index in [1.54, 1.807) is 6.07 Å². The molecule has 4 rings (SSSR count). The van der Waals surface area contributed by atoms with Gasteiger partial charge in [-0.1, -0.05) is 48.5 Å². The highest BCUT2D eigenvalue weighted by molar-refractivity contribution is 5.79. The second-order valence-corrected chi connectivity index (χ2v) is 8.58. The van der Waals surface area contributed by atoms with E-state index in [1.165, 1.54) is 23.8 Å². The van der Waals surface area contributed by atoms with Crippen LogP contribution in [0.2, 0.25) is 0 Å². The molecule has 1 atom stereocenters. The average Bonchev–Trinajstić information content (AvgIpc) is 3.25. The number of hydrogen-bond donors (Lipinski definition) is 2. The SMILES string of the molecule is Nc1cccc(-c2ccc(CCN3CCC(NC(=O)Cc4ccccc4C(F)(F)F)C3)cc2)n1. The lowest BCUT2D eigenvalue weighted by atomic mass is 10.0. The minimum Gasteiger partial charge on any atom is -0.384 e. The Kier molecular flexibility index (Phi) is 7.17. The summed E-state index contributed by atoms with van der Waals surface area (Å²) < 4.78 is 39.5. The maximum Gasteiger partial charge on any atom is 0.416 e. The van der Waals surface area contributed by atoms with Gasteiger partial charge in [0.25, 0.3) is 0 Å². The molecule has 0 bridgehead atoms. The van der Waals surface area contributed by atoms with E-state index >= 15 is 0 Å². The summed E-state index contributed by atoms with van der Waals surface area (Å²) in [5.74, 6) is 0.108. The number of aromatic nitrogens is 1. The summed E-state index contributed by atoms with van der Waals surface area (Å²) >= 11 is 0. The quantitative estimate of drug-likeness (QED) is 0.542. The lowest BCUT2D eigenvalue weighted by Crippen LogP contribution is -2.38. The monoisotopic (exact) mass is 468 g/mol. The van der Waals surface area contributed by atoms with Crippen LogP contribution < -0.4 is 11.1 Å². The Hall–Kier alpha value is -3.39. The number of hydrogen-bond acceptors (Lipinski definition) is 4. The molecular weight excluding hydrogens is 441 g/mol. The van der Waals surface area contributed by atoms with Crippen molar-refractivity contribution in [2.24, 2.45) is 0 Å². The molecule has 2 aromatic carbocycles. The minimum absolute atomic E-state index is 0.000751. The van der Waals surface area contributed by atoms with Gasteiger partial charge >= 0.3 is 6.18 Å². The van der Waals surface area contributed by atoms with Gasteiger partial charge in [0.15, 0.2) is 0 Å². The predicted molar refractivity (Wildman–Crippen MR) is 126 cm³/mol. The van der Waals surface area contributed by atoms with Crippen LogP contribution in [0.5, 0.6) is 0 Å². The molecule has 1 unspecified atom stereocenters. The number of nitrogens with one attached hydrogen (secondary N) is 1. The van der Waals surface area contributed by atoms with E-state index in [0.29, 0.717) is 12.4 Å². The Morgan fingerprint density at radius 2 is 1.82 bits per heavy atom. The van der Waals surface area contributed by atoms with Crippen molar-refractivity contribution in [1.82, 2.24) is 15.2 Å². The van der Waals surface area contributed by atoms with Gasteiger partial charge in [0.2, 0.25) is 5.91 Å². The molecule has 0 saturated carbocycles. The van der Waals surface area contributed by atoms with E-state index in [1.807, 2.05) is 24.3 Å². The number of anilines is 1. The Morgan fingerprint density at radius 3 is 2.56 bits per heavy atom. The van der Waals surface area contributed by atoms with Gasteiger partial charge in [-0.2, -0.15) is 13.2 Å². The molecule has 0 aliphatic carbocycles. The van der Waals surface area contributed by atoms with Crippen LogP contribution in [0.3, 0.4) is 0 Å². The normalized spacial score (nSPS) is 16.5. The van der Waals surface area contributed by atoms with Crippen LogP contribution in [-0.2, 0) is 23.8 Å². The van der Waals surface area contributed by atoms with E-state index in [4.69, 9.17) is 5.73 Å². The standard InChI is InChI=1S/C26H27F3N4O/c27-26(28,29)22-5-2-1-4-20(22)16-25(34)31-21-13-15-33(17-21)14-12-18-8-10-19(11-9-18)23-6-3-7-24(30)32-23/h1-11,21H,12-17H2,(H2,30,32)(H,31,34). The lowest BCUT2D eigenvalue weighted by molar-refractivity contribution is -0.138. The molecular formula is C26H27F3N4O. The number of benzene rings is 2. The highest BCUT2D eigenvalue weighted by atomic mass is 19.4. The van der Waals surface area contributed by atoms with Crippen LogP contribution in [0.25, 0.3) is 11.3 Å². The molecule has 1 fully saturated rings. The summed E-state index contributed by atoms with van der Waals surface area (Å²) in [5, 5.41) is 2.90. The summed E-state index contributed by atoms with van der Waals surface area (Å²) in [6.45, 7) is 2.38. The van der Waals surface area contributed by atoms with Crippen molar-refractivity contribution in [1.29, 1.82) is 0 Å². The maximum absolute atomic E-state index is 13.2. The highest BCUT2D eigenvalue weighted by Gasteiger charge is 2.33. The Balaban J connectivity index is 1.25. The first kappa shape index (κ1) is 23.8. The van der Waals surface area contributed by atoms with Gasteiger partial charge in [-0.05, 0) is 42.2 Å². The zero-order valence-electron chi connectivity index (χ0n) is 18.7. The molecule has 1 aliphatic rings. The number of carbonyl (C=O) groups is 1. The first-order valence-electron chi connectivity index (χ1n) is 11.3. The second kappa shape index (κ2) is 10.3. The molecule has 0 spiro atoms. The van der Waals surface area contributed by atoms with Gasteiger partial charge in [-0.25, -0.2) is 4.98 Å². The lowest BCUT2D eigenvalue weighted by Gasteiger charge is -2.17. The van der Waals surface area contributed by atoms with E-state index in [2.05, 4.69) is 27.3 Å². The summed E-state index contributed by atoms with van der Waals surface area (Å²) in [4.78, 5) is 19.0. The van der Waals surface area contributed by atoms with Crippen molar-refractivity contribution in [3.05, 3.63) is 83.4 Å². The molecule has 8 heteroatoms. The first-order valence-corrected chi connectivity index (χ1v) is 11.3. The van der Waals surface area contributed by atoms with Gasteiger partial charge in [0.1, 0.15) is 5.82 Å². The molecule has 1 amide bonds. The maximum atomic E-state index is 13.2. The number of pyridine rings is 1. The number of nitrogens with zero attached hydrogens (tertiary/aromatic N) is 2. The zero-order valence-corrected chi connectivity index (χ0v) is 18.7. The minimum atomic E-state index is -4.47. The van der Waals surface area contributed by atoms with Crippen molar-refractivity contribution in [3.63, 3.8) is 0 Å². The summed E-state index contributed by atoms with van der Waals surface area (Å²) in [6.07, 6.45) is -3.10. The van der Waals surface area contributed by atoms with Gasteiger partial charge in [-0.15, -0.1) is 0 Å². The third-order valence-corrected chi connectivity index (χ3v) is 6.05. The summed E-state index contributed by atoms with van der Waals surface area (Å²) in [6, 6.07) is 18.9. The number of alkyl halides is 3.